The van der Waals surface area contributed by atoms with Crippen LogP contribution in [0.4, 0.5) is 0 Å². The molecular weight excluding hydrogens is 304 g/mol. The Morgan fingerprint density at radius 2 is 2.00 bits per heavy atom. The summed E-state index contributed by atoms with van der Waals surface area (Å²) in [5.74, 6) is 1.82. The van der Waals surface area contributed by atoms with Crippen LogP contribution in [0.2, 0.25) is 0 Å². The SMILES string of the molecule is COc1ccc(/C=C(\C#N)c2nc3ncccc3n2C)cc1OC. The Morgan fingerprint density at radius 3 is 2.67 bits per heavy atom. The van der Waals surface area contributed by atoms with E-state index in [1.54, 1.807) is 32.6 Å². The molecular formula is C18H16N4O2. The Balaban J connectivity index is 2.09. The number of methoxy groups -OCH3 is 2. The molecule has 2 aromatic heterocycles. The van der Waals surface area contributed by atoms with E-state index in [4.69, 9.17) is 9.47 Å². The normalized spacial score (nSPS) is 11.3. The van der Waals surface area contributed by atoms with E-state index in [0.29, 0.717) is 28.5 Å². The molecule has 1 aromatic carbocycles. The van der Waals surface area contributed by atoms with E-state index in [0.717, 1.165) is 11.1 Å². The smallest absolute Gasteiger partial charge is 0.178 e. The van der Waals surface area contributed by atoms with Gasteiger partial charge < -0.3 is 14.0 Å². The zero-order chi connectivity index (χ0) is 17.1. The minimum atomic E-state index is 0.447. The van der Waals surface area contributed by atoms with Crippen LogP contribution >= 0.6 is 0 Å². The fourth-order valence-electron chi connectivity index (χ4n) is 2.52. The molecule has 0 saturated heterocycles. The van der Waals surface area contributed by atoms with Crippen molar-refractivity contribution >= 4 is 22.8 Å². The molecule has 0 N–H and O–H groups in total. The Hall–Kier alpha value is -3.33. The molecule has 0 spiro atoms. The van der Waals surface area contributed by atoms with Gasteiger partial charge in [-0.15, -0.1) is 0 Å². The van der Waals surface area contributed by atoms with E-state index in [1.807, 2.05) is 35.9 Å². The van der Waals surface area contributed by atoms with Crippen LogP contribution in [0.15, 0.2) is 36.5 Å². The average molecular weight is 320 g/mol. The number of benzene rings is 1. The minimum Gasteiger partial charge on any atom is -0.493 e. The average Bonchev–Trinajstić information content (AvgIpc) is 2.96. The molecule has 0 amide bonds. The summed E-state index contributed by atoms with van der Waals surface area (Å²) < 4.78 is 12.4. The fourth-order valence-corrected chi connectivity index (χ4v) is 2.52. The van der Waals surface area contributed by atoms with Gasteiger partial charge in [-0.3, -0.25) is 0 Å². The third-order valence-electron chi connectivity index (χ3n) is 3.74. The van der Waals surface area contributed by atoms with Crippen molar-refractivity contribution in [3.05, 3.63) is 47.9 Å². The van der Waals surface area contributed by atoms with E-state index >= 15 is 0 Å². The van der Waals surface area contributed by atoms with Crippen LogP contribution < -0.4 is 9.47 Å². The van der Waals surface area contributed by atoms with Crippen molar-refractivity contribution in [2.75, 3.05) is 14.2 Å². The van der Waals surface area contributed by atoms with Gasteiger partial charge in [0.2, 0.25) is 0 Å². The highest BCUT2D eigenvalue weighted by atomic mass is 16.5. The van der Waals surface area contributed by atoms with Gasteiger partial charge in [-0.25, -0.2) is 9.97 Å². The maximum atomic E-state index is 9.57. The first-order valence-corrected chi connectivity index (χ1v) is 7.29. The zero-order valence-electron chi connectivity index (χ0n) is 13.6. The van der Waals surface area contributed by atoms with Crippen molar-refractivity contribution in [2.24, 2.45) is 7.05 Å². The number of allylic oxidation sites excluding steroid dienone is 1. The lowest BCUT2D eigenvalue weighted by Gasteiger charge is -2.08. The summed E-state index contributed by atoms with van der Waals surface area (Å²) in [4.78, 5) is 8.69. The van der Waals surface area contributed by atoms with Gasteiger partial charge in [-0.1, -0.05) is 6.07 Å². The lowest BCUT2D eigenvalue weighted by Crippen LogP contribution is -1.96. The van der Waals surface area contributed by atoms with Gasteiger partial charge in [0, 0.05) is 13.2 Å². The highest BCUT2D eigenvalue weighted by Gasteiger charge is 2.13. The molecule has 24 heavy (non-hydrogen) atoms. The molecule has 0 aliphatic carbocycles. The molecule has 0 saturated carbocycles. The molecule has 0 aliphatic rings. The fraction of sp³-hybridized carbons (Fsp3) is 0.167. The van der Waals surface area contributed by atoms with Crippen molar-refractivity contribution in [1.29, 1.82) is 5.26 Å². The van der Waals surface area contributed by atoms with Crippen molar-refractivity contribution in [3.63, 3.8) is 0 Å². The van der Waals surface area contributed by atoms with Gasteiger partial charge in [0.05, 0.1) is 25.3 Å². The maximum Gasteiger partial charge on any atom is 0.178 e. The van der Waals surface area contributed by atoms with Gasteiger partial charge in [0.1, 0.15) is 6.07 Å². The molecule has 3 aromatic rings. The van der Waals surface area contributed by atoms with E-state index in [2.05, 4.69) is 16.0 Å². The largest absolute Gasteiger partial charge is 0.493 e. The van der Waals surface area contributed by atoms with Crippen LogP contribution in [0.25, 0.3) is 22.8 Å². The number of hydrogen-bond donors (Lipinski definition) is 0. The molecule has 0 atom stereocenters. The van der Waals surface area contributed by atoms with E-state index < -0.39 is 0 Å². The summed E-state index contributed by atoms with van der Waals surface area (Å²) in [7, 11) is 5.03. The number of hydrogen-bond acceptors (Lipinski definition) is 5. The summed E-state index contributed by atoms with van der Waals surface area (Å²) in [6.07, 6.45) is 3.45. The van der Waals surface area contributed by atoms with Crippen molar-refractivity contribution in [1.82, 2.24) is 14.5 Å². The van der Waals surface area contributed by atoms with Crippen LogP contribution in [0.1, 0.15) is 11.4 Å². The Bertz CT molecular complexity index is 967. The second kappa shape index (κ2) is 6.42. The number of fused-ring (bicyclic) bond motifs is 1. The Kier molecular flexibility index (Phi) is 4.17. The predicted octanol–water partition coefficient (Wildman–Crippen LogP) is 3.05. The number of nitriles is 1. The molecule has 3 rings (SSSR count). The van der Waals surface area contributed by atoms with Crippen LogP contribution in [0.5, 0.6) is 11.5 Å². The molecule has 6 heteroatoms. The number of nitrogens with zero attached hydrogens (tertiary/aromatic N) is 4. The van der Waals surface area contributed by atoms with Crippen molar-refractivity contribution in [2.45, 2.75) is 0 Å². The van der Waals surface area contributed by atoms with Crippen LogP contribution in [0, 0.1) is 11.3 Å². The second-order valence-electron chi connectivity index (χ2n) is 5.12. The first-order valence-electron chi connectivity index (χ1n) is 7.29. The number of aromatic nitrogens is 3. The standard InChI is InChI=1S/C18H16N4O2/c1-22-14-5-4-8-20-17(14)21-18(22)13(11-19)9-12-6-7-15(23-2)16(10-12)24-3/h4-10H,1-3H3/b13-9+. The number of imidazole rings is 1. The van der Waals surface area contributed by atoms with Gasteiger partial charge in [0.25, 0.3) is 0 Å². The third kappa shape index (κ3) is 2.68. The first-order chi connectivity index (χ1) is 11.7. The molecule has 0 aliphatic heterocycles. The van der Waals surface area contributed by atoms with Crippen LogP contribution in [-0.2, 0) is 7.05 Å². The summed E-state index contributed by atoms with van der Waals surface area (Å²) >= 11 is 0. The molecule has 6 nitrogen and oxygen atoms in total. The second-order valence-corrected chi connectivity index (χ2v) is 5.12. The van der Waals surface area contributed by atoms with Crippen molar-refractivity contribution in [3.8, 4) is 17.6 Å². The predicted molar refractivity (Wildman–Crippen MR) is 91.5 cm³/mol. The Morgan fingerprint density at radius 1 is 1.21 bits per heavy atom. The summed E-state index contributed by atoms with van der Waals surface area (Å²) in [6.45, 7) is 0. The molecule has 0 radical (unpaired) electrons. The monoisotopic (exact) mass is 320 g/mol. The number of rotatable bonds is 4. The lowest BCUT2D eigenvalue weighted by atomic mass is 10.1. The van der Waals surface area contributed by atoms with Crippen molar-refractivity contribution < 1.29 is 9.47 Å². The number of pyridine rings is 1. The van der Waals surface area contributed by atoms with Gasteiger partial charge in [-0.05, 0) is 35.9 Å². The van der Waals surface area contributed by atoms with Crippen LogP contribution in [0.3, 0.4) is 0 Å². The van der Waals surface area contributed by atoms with Crippen LogP contribution in [-0.4, -0.2) is 28.8 Å². The zero-order valence-corrected chi connectivity index (χ0v) is 13.6. The van der Waals surface area contributed by atoms with Gasteiger partial charge >= 0.3 is 0 Å². The molecule has 0 fully saturated rings. The Labute approximate surface area is 139 Å². The van der Waals surface area contributed by atoms with Gasteiger partial charge in [-0.2, -0.15) is 5.26 Å². The van der Waals surface area contributed by atoms with E-state index in [-0.39, 0.29) is 0 Å². The molecule has 120 valence electrons. The highest BCUT2D eigenvalue weighted by Crippen LogP contribution is 2.29. The summed E-state index contributed by atoms with van der Waals surface area (Å²) in [6, 6.07) is 11.5. The highest BCUT2D eigenvalue weighted by molar-refractivity contribution is 5.90. The lowest BCUT2D eigenvalue weighted by molar-refractivity contribution is 0.355. The third-order valence-corrected chi connectivity index (χ3v) is 3.74. The van der Waals surface area contributed by atoms with Gasteiger partial charge in [0.15, 0.2) is 23.0 Å². The topological polar surface area (TPSA) is 73.0 Å². The van der Waals surface area contributed by atoms with E-state index in [1.165, 1.54) is 0 Å². The number of ether oxygens (including phenoxy) is 2. The first kappa shape index (κ1) is 15.6. The molecule has 0 unspecified atom stereocenters. The maximum absolute atomic E-state index is 9.57. The summed E-state index contributed by atoms with van der Waals surface area (Å²) in [5, 5.41) is 9.57. The number of aryl methyl sites for hydroxylation is 1. The summed E-state index contributed by atoms with van der Waals surface area (Å²) in [5.41, 5.74) is 2.76. The molecule has 0 bridgehead atoms. The molecule has 2 heterocycles. The minimum absolute atomic E-state index is 0.447. The quantitative estimate of drug-likeness (QED) is 0.691. The van der Waals surface area contributed by atoms with E-state index in [9.17, 15) is 5.26 Å².